The molecule has 1 aromatic carbocycles. The van der Waals surface area contributed by atoms with Crippen molar-refractivity contribution in [1.29, 1.82) is 0 Å². The highest BCUT2D eigenvalue weighted by Crippen LogP contribution is 2.27. The molecule has 2 heterocycles. The van der Waals surface area contributed by atoms with Crippen LogP contribution in [0.3, 0.4) is 0 Å². The number of carbonyl (C=O) groups is 3. The summed E-state index contributed by atoms with van der Waals surface area (Å²) in [6.45, 7) is 8.51. The third kappa shape index (κ3) is 5.34. The highest BCUT2D eigenvalue weighted by atomic mass is 16.4. The number of carboxylic acid groups (broad SMARTS) is 1. The fraction of sp³-hybridized carbons (Fsp3) is 0.478. The maximum Gasteiger partial charge on any atom is 0.336 e. The summed E-state index contributed by atoms with van der Waals surface area (Å²) >= 11 is 0. The molecule has 1 aromatic heterocycles. The van der Waals surface area contributed by atoms with E-state index < -0.39 is 11.4 Å². The molecule has 3 rings (SSSR count). The second-order valence-corrected chi connectivity index (χ2v) is 9.32. The van der Waals surface area contributed by atoms with Gasteiger partial charge in [0.1, 0.15) is 5.82 Å². The lowest BCUT2D eigenvalue weighted by atomic mass is 9.95. The molecule has 1 fully saturated rings. The van der Waals surface area contributed by atoms with Crippen molar-refractivity contribution in [2.45, 2.75) is 20.8 Å². The van der Waals surface area contributed by atoms with E-state index in [1.807, 2.05) is 25.7 Å². The number of hydrogen-bond acceptors (Lipinski definition) is 6. The summed E-state index contributed by atoms with van der Waals surface area (Å²) in [6, 6.07) is 6.71. The average molecular weight is 442 g/mol. The Morgan fingerprint density at radius 2 is 1.75 bits per heavy atom. The second kappa shape index (κ2) is 9.12. The molecule has 2 amide bonds. The Bertz CT molecular complexity index is 1040. The molecular weight excluding hydrogens is 410 g/mol. The Hall–Kier alpha value is -3.20. The summed E-state index contributed by atoms with van der Waals surface area (Å²) in [5, 5.41) is 13.1. The number of carboxylic acids is 1. The number of rotatable bonds is 5. The number of aromatic nitrogens is 1. The molecule has 0 bridgehead atoms. The Labute approximate surface area is 188 Å². The van der Waals surface area contributed by atoms with E-state index in [1.54, 1.807) is 43.3 Å². The third-order valence-electron chi connectivity index (χ3n) is 5.52. The van der Waals surface area contributed by atoms with Gasteiger partial charge in [0.2, 0.25) is 11.8 Å². The fourth-order valence-electron chi connectivity index (χ4n) is 3.41. The molecule has 0 spiro atoms. The normalized spacial score (nSPS) is 15.0. The molecule has 9 nitrogen and oxygen atoms in total. The van der Waals surface area contributed by atoms with Gasteiger partial charge in [0.25, 0.3) is 0 Å². The van der Waals surface area contributed by atoms with Crippen molar-refractivity contribution in [2.24, 2.45) is 5.41 Å². The lowest BCUT2D eigenvalue weighted by Gasteiger charge is -2.35. The van der Waals surface area contributed by atoms with Gasteiger partial charge in [-0.15, -0.1) is 0 Å². The molecule has 1 saturated heterocycles. The van der Waals surface area contributed by atoms with Gasteiger partial charge in [-0.05, 0) is 24.3 Å². The topological polar surface area (TPSA) is 106 Å². The average Bonchev–Trinajstić information content (AvgIpc) is 2.72. The number of anilines is 2. The summed E-state index contributed by atoms with van der Waals surface area (Å²) in [7, 11) is 3.48. The molecule has 0 radical (unpaired) electrons. The summed E-state index contributed by atoms with van der Waals surface area (Å²) in [6.07, 6.45) is 0. The Morgan fingerprint density at radius 1 is 1.09 bits per heavy atom. The predicted molar refractivity (Wildman–Crippen MR) is 124 cm³/mol. The quantitative estimate of drug-likeness (QED) is 0.732. The predicted octanol–water partition coefficient (Wildman–Crippen LogP) is 2.13. The Morgan fingerprint density at radius 3 is 2.31 bits per heavy atom. The minimum Gasteiger partial charge on any atom is -0.478 e. The van der Waals surface area contributed by atoms with Gasteiger partial charge >= 0.3 is 5.97 Å². The first-order valence-corrected chi connectivity index (χ1v) is 10.6. The number of benzene rings is 1. The Balaban J connectivity index is 1.83. The number of nitrogens with one attached hydrogen (secondary N) is 1. The van der Waals surface area contributed by atoms with Crippen LogP contribution in [0.5, 0.6) is 0 Å². The number of fused-ring (bicyclic) bond motifs is 1. The number of likely N-dealkylation sites (N-methyl/N-ethyl adjacent to an activating group) is 1. The largest absolute Gasteiger partial charge is 0.478 e. The van der Waals surface area contributed by atoms with Crippen LogP contribution in [-0.2, 0) is 9.59 Å². The van der Waals surface area contributed by atoms with E-state index in [2.05, 4.69) is 15.2 Å². The van der Waals surface area contributed by atoms with Gasteiger partial charge < -0.3 is 20.2 Å². The van der Waals surface area contributed by atoms with Crippen LogP contribution in [0, 0.1) is 5.41 Å². The van der Waals surface area contributed by atoms with Crippen molar-refractivity contribution in [1.82, 2.24) is 14.8 Å². The highest BCUT2D eigenvalue weighted by molar-refractivity contribution is 6.05. The van der Waals surface area contributed by atoms with E-state index in [-0.39, 0.29) is 17.4 Å². The first kappa shape index (κ1) is 23.5. The minimum atomic E-state index is -1.05. The van der Waals surface area contributed by atoms with Crippen molar-refractivity contribution < 1.29 is 19.5 Å². The molecule has 0 atom stereocenters. The van der Waals surface area contributed by atoms with Gasteiger partial charge in [0.05, 0.1) is 17.6 Å². The van der Waals surface area contributed by atoms with E-state index in [0.717, 1.165) is 0 Å². The van der Waals surface area contributed by atoms with Gasteiger partial charge in [-0.25, -0.2) is 9.78 Å². The van der Waals surface area contributed by atoms with E-state index >= 15 is 0 Å². The lowest BCUT2D eigenvalue weighted by Crippen LogP contribution is -2.49. The Kier molecular flexibility index (Phi) is 6.68. The summed E-state index contributed by atoms with van der Waals surface area (Å²) in [5.74, 6) is -0.540. The SMILES string of the molecule is CN(C)C(=O)CN1CCN(c2cc(C(=O)O)c3cc(NC(=O)C(C)(C)C)ccc3n2)CC1. The smallest absolute Gasteiger partial charge is 0.336 e. The molecule has 1 aliphatic heterocycles. The molecule has 32 heavy (non-hydrogen) atoms. The first-order valence-electron chi connectivity index (χ1n) is 10.6. The summed E-state index contributed by atoms with van der Waals surface area (Å²) in [5.41, 5.74) is 0.668. The molecule has 0 aliphatic carbocycles. The van der Waals surface area contributed by atoms with Gasteiger partial charge in [0, 0.05) is 56.8 Å². The van der Waals surface area contributed by atoms with Crippen molar-refractivity contribution >= 4 is 40.2 Å². The van der Waals surface area contributed by atoms with Gasteiger partial charge in [0.15, 0.2) is 0 Å². The van der Waals surface area contributed by atoms with Gasteiger partial charge in [-0.3, -0.25) is 14.5 Å². The fourth-order valence-corrected chi connectivity index (χ4v) is 3.41. The van der Waals surface area contributed by atoms with E-state index in [0.29, 0.717) is 55.1 Å². The number of nitrogens with zero attached hydrogens (tertiary/aromatic N) is 4. The number of pyridine rings is 1. The maximum atomic E-state index is 12.3. The van der Waals surface area contributed by atoms with Crippen molar-refractivity contribution in [2.75, 3.05) is 57.0 Å². The van der Waals surface area contributed by atoms with Crippen molar-refractivity contribution in [3.8, 4) is 0 Å². The molecule has 9 heteroatoms. The lowest BCUT2D eigenvalue weighted by molar-refractivity contribution is -0.130. The maximum absolute atomic E-state index is 12.3. The highest BCUT2D eigenvalue weighted by Gasteiger charge is 2.24. The minimum absolute atomic E-state index is 0.0600. The zero-order valence-corrected chi connectivity index (χ0v) is 19.3. The van der Waals surface area contributed by atoms with Crippen LogP contribution in [0.2, 0.25) is 0 Å². The first-order chi connectivity index (χ1) is 15.0. The summed E-state index contributed by atoms with van der Waals surface area (Å²) < 4.78 is 0. The van der Waals surface area contributed by atoms with E-state index in [4.69, 9.17) is 0 Å². The second-order valence-electron chi connectivity index (χ2n) is 9.32. The molecule has 2 aromatic rings. The third-order valence-corrected chi connectivity index (χ3v) is 5.52. The summed E-state index contributed by atoms with van der Waals surface area (Å²) in [4.78, 5) is 46.6. The zero-order valence-electron chi connectivity index (χ0n) is 19.3. The van der Waals surface area contributed by atoms with Crippen LogP contribution in [0.1, 0.15) is 31.1 Å². The number of aromatic carboxylic acids is 1. The molecule has 2 N–H and O–H groups in total. The van der Waals surface area contributed by atoms with Crippen LogP contribution in [0.4, 0.5) is 11.5 Å². The number of carbonyl (C=O) groups excluding carboxylic acids is 2. The molecular formula is C23H31N5O4. The van der Waals surface area contributed by atoms with Crippen molar-refractivity contribution in [3.05, 3.63) is 29.8 Å². The van der Waals surface area contributed by atoms with Crippen LogP contribution in [0.25, 0.3) is 10.9 Å². The van der Waals surface area contributed by atoms with Gasteiger partial charge in [-0.1, -0.05) is 20.8 Å². The number of amides is 2. The monoisotopic (exact) mass is 441 g/mol. The zero-order chi connectivity index (χ0) is 23.6. The number of hydrogen-bond donors (Lipinski definition) is 2. The van der Waals surface area contributed by atoms with Crippen molar-refractivity contribution in [3.63, 3.8) is 0 Å². The molecule has 1 aliphatic rings. The van der Waals surface area contributed by atoms with Crippen LogP contribution < -0.4 is 10.2 Å². The standard InChI is InChI=1S/C23H31N5O4/c1-23(2,3)22(32)24-15-6-7-18-16(12-15)17(21(30)31)13-19(25-18)28-10-8-27(9-11-28)14-20(29)26(4)5/h6-7,12-13H,8-11,14H2,1-5H3,(H,24,32)(H,30,31). The molecule has 172 valence electrons. The number of piperazine rings is 1. The van der Waals surface area contributed by atoms with E-state index in [1.165, 1.54) is 0 Å². The van der Waals surface area contributed by atoms with Crippen LogP contribution in [-0.4, -0.2) is 84.5 Å². The molecule has 0 unspecified atom stereocenters. The van der Waals surface area contributed by atoms with E-state index in [9.17, 15) is 19.5 Å². The molecule has 0 saturated carbocycles. The van der Waals surface area contributed by atoms with Gasteiger partial charge in [-0.2, -0.15) is 0 Å². The van der Waals surface area contributed by atoms with Crippen LogP contribution >= 0.6 is 0 Å². The van der Waals surface area contributed by atoms with Crippen LogP contribution in [0.15, 0.2) is 24.3 Å².